The number of nitrogens with one attached hydrogen (secondary N) is 1. The number of aliphatic hydroxyl groups excluding tert-OH is 1. The predicted molar refractivity (Wildman–Crippen MR) is 148 cm³/mol. The summed E-state index contributed by atoms with van der Waals surface area (Å²) in [6, 6.07) is -0.783. The fraction of sp³-hybridized carbons (Fsp3) is 0.733. The first-order valence-electron chi connectivity index (χ1n) is 14.9. The number of esters is 1. The van der Waals surface area contributed by atoms with Crippen molar-refractivity contribution in [1.82, 2.24) is 15.1 Å². The zero-order chi connectivity index (χ0) is 28.9. The number of allylic oxidation sites excluding steroid dienone is 1. The van der Waals surface area contributed by atoms with E-state index in [1.54, 1.807) is 24.0 Å². The van der Waals surface area contributed by atoms with Crippen LogP contribution in [0.5, 0.6) is 0 Å². The van der Waals surface area contributed by atoms with Gasteiger partial charge in [-0.25, -0.2) is 0 Å². The summed E-state index contributed by atoms with van der Waals surface area (Å²) in [7, 11) is 0. The van der Waals surface area contributed by atoms with Crippen LogP contribution in [-0.2, 0) is 28.7 Å². The fourth-order valence-corrected chi connectivity index (χ4v) is 7.19. The minimum Gasteiger partial charge on any atom is -0.460 e. The SMILES string of the molecule is C=CCCC(=O)NC[C@@H](C)OC(=O)[C@@H]1[C@H]2C(=O)N(CCCO)[C@H](C(=O)N(CC=C)C3CCCCC3)[C@]23CC[C@H]1O3. The van der Waals surface area contributed by atoms with Crippen molar-refractivity contribution in [3.63, 3.8) is 0 Å². The van der Waals surface area contributed by atoms with Gasteiger partial charge in [-0.1, -0.05) is 31.4 Å². The van der Waals surface area contributed by atoms with Crippen molar-refractivity contribution in [1.29, 1.82) is 0 Å². The molecule has 4 fully saturated rings. The molecule has 3 amide bonds. The van der Waals surface area contributed by atoms with Crippen molar-refractivity contribution in [3.8, 4) is 0 Å². The first kappa shape index (κ1) is 30.2. The van der Waals surface area contributed by atoms with Crippen molar-refractivity contribution in [2.45, 2.75) is 101 Å². The summed E-state index contributed by atoms with van der Waals surface area (Å²) in [5.74, 6) is -2.79. The van der Waals surface area contributed by atoms with Crippen LogP contribution in [0.1, 0.15) is 71.1 Å². The fourth-order valence-electron chi connectivity index (χ4n) is 7.19. The molecule has 6 atom stereocenters. The third-order valence-corrected chi connectivity index (χ3v) is 8.97. The molecule has 1 aliphatic carbocycles. The number of likely N-dealkylation sites (tertiary alicyclic amines) is 1. The summed E-state index contributed by atoms with van der Waals surface area (Å²) >= 11 is 0. The Balaban J connectivity index is 1.54. The maximum absolute atomic E-state index is 14.3. The number of nitrogens with zero attached hydrogens (tertiary/aromatic N) is 2. The van der Waals surface area contributed by atoms with Gasteiger partial charge in [-0.15, -0.1) is 13.2 Å². The average Bonchev–Trinajstić information content (AvgIpc) is 3.60. The zero-order valence-electron chi connectivity index (χ0n) is 23.7. The van der Waals surface area contributed by atoms with E-state index >= 15 is 0 Å². The van der Waals surface area contributed by atoms with Crippen LogP contribution in [0.3, 0.4) is 0 Å². The van der Waals surface area contributed by atoms with Crippen LogP contribution >= 0.6 is 0 Å². The lowest BCUT2D eigenvalue weighted by Gasteiger charge is -2.40. The number of amides is 3. The second-order valence-electron chi connectivity index (χ2n) is 11.6. The Labute approximate surface area is 237 Å². The number of fused-ring (bicyclic) bond motifs is 1. The summed E-state index contributed by atoms with van der Waals surface area (Å²) in [5, 5.41) is 12.3. The van der Waals surface area contributed by atoms with Crippen LogP contribution in [0.25, 0.3) is 0 Å². The second kappa shape index (κ2) is 13.3. The summed E-state index contributed by atoms with van der Waals surface area (Å²) in [6.45, 7) is 9.81. The Kier molecular flexibility index (Phi) is 10.1. The molecule has 0 aromatic carbocycles. The summed E-state index contributed by atoms with van der Waals surface area (Å²) in [6.07, 6.45) is 9.62. The molecule has 3 saturated heterocycles. The monoisotopic (exact) mass is 559 g/mol. The third kappa shape index (κ3) is 5.84. The molecular weight excluding hydrogens is 514 g/mol. The molecule has 1 saturated carbocycles. The van der Waals surface area contributed by atoms with Gasteiger partial charge in [0, 0.05) is 32.2 Å². The van der Waals surface area contributed by atoms with Gasteiger partial charge in [0.25, 0.3) is 0 Å². The minimum absolute atomic E-state index is 0.0754. The van der Waals surface area contributed by atoms with Crippen molar-refractivity contribution in [2.24, 2.45) is 11.8 Å². The smallest absolute Gasteiger partial charge is 0.312 e. The van der Waals surface area contributed by atoms with Gasteiger partial charge in [0.2, 0.25) is 17.7 Å². The van der Waals surface area contributed by atoms with Gasteiger partial charge in [0.15, 0.2) is 0 Å². The van der Waals surface area contributed by atoms with Crippen LogP contribution in [-0.4, -0.2) is 94.7 Å². The van der Waals surface area contributed by atoms with E-state index < -0.39 is 41.7 Å². The number of aliphatic hydroxyl groups is 1. The molecule has 0 radical (unpaired) electrons. The number of ether oxygens (including phenoxy) is 2. The van der Waals surface area contributed by atoms with E-state index in [1.807, 2.05) is 4.90 Å². The Morgan fingerprint density at radius 2 is 1.98 bits per heavy atom. The molecule has 10 nitrogen and oxygen atoms in total. The van der Waals surface area contributed by atoms with E-state index in [0.29, 0.717) is 38.6 Å². The van der Waals surface area contributed by atoms with E-state index in [9.17, 15) is 24.3 Å². The van der Waals surface area contributed by atoms with Gasteiger partial charge < -0.3 is 29.7 Å². The Morgan fingerprint density at radius 3 is 2.65 bits per heavy atom. The van der Waals surface area contributed by atoms with Gasteiger partial charge >= 0.3 is 5.97 Å². The predicted octanol–water partition coefficient (Wildman–Crippen LogP) is 2.10. The summed E-state index contributed by atoms with van der Waals surface area (Å²) in [4.78, 5) is 57.1. The first-order chi connectivity index (χ1) is 19.3. The highest BCUT2D eigenvalue weighted by Crippen LogP contribution is 2.59. The van der Waals surface area contributed by atoms with Crippen molar-refractivity contribution in [3.05, 3.63) is 25.3 Å². The molecule has 40 heavy (non-hydrogen) atoms. The molecule has 0 aromatic rings. The van der Waals surface area contributed by atoms with Crippen LogP contribution in [0, 0.1) is 11.8 Å². The quantitative estimate of drug-likeness (QED) is 0.247. The molecule has 0 unspecified atom stereocenters. The maximum atomic E-state index is 14.3. The van der Waals surface area contributed by atoms with Crippen LogP contribution in [0.4, 0.5) is 0 Å². The molecule has 4 rings (SSSR count). The molecule has 10 heteroatoms. The number of carbonyl (C=O) groups is 4. The maximum Gasteiger partial charge on any atom is 0.312 e. The van der Waals surface area contributed by atoms with E-state index in [2.05, 4.69) is 18.5 Å². The highest BCUT2D eigenvalue weighted by Gasteiger charge is 2.75. The molecule has 222 valence electrons. The van der Waals surface area contributed by atoms with E-state index in [0.717, 1.165) is 32.1 Å². The summed E-state index contributed by atoms with van der Waals surface area (Å²) < 4.78 is 12.2. The normalized spacial score (nSPS) is 30.1. The van der Waals surface area contributed by atoms with Crippen LogP contribution < -0.4 is 5.32 Å². The van der Waals surface area contributed by atoms with Gasteiger partial charge in [-0.2, -0.15) is 0 Å². The van der Waals surface area contributed by atoms with Crippen molar-refractivity contribution >= 4 is 23.7 Å². The molecule has 0 aromatic heterocycles. The van der Waals surface area contributed by atoms with Gasteiger partial charge in [0.05, 0.1) is 24.5 Å². The van der Waals surface area contributed by atoms with E-state index in [1.165, 1.54) is 0 Å². The molecular formula is C30H45N3O7. The second-order valence-corrected chi connectivity index (χ2v) is 11.6. The average molecular weight is 560 g/mol. The zero-order valence-corrected chi connectivity index (χ0v) is 23.7. The molecule has 2 bridgehead atoms. The number of hydrogen-bond donors (Lipinski definition) is 2. The van der Waals surface area contributed by atoms with Gasteiger partial charge in [-0.3, -0.25) is 19.2 Å². The molecule has 4 aliphatic rings. The van der Waals surface area contributed by atoms with E-state index in [-0.39, 0.29) is 43.5 Å². The van der Waals surface area contributed by atoms with Crippen LogP contribution in [0.2, 0.25) is 0 Å². The van der Waals surface area contributed by atoms with E-state index in [4.69, 9.17) is 9.47 Å². The first-order valence-corrected chi connectivity index (χ1v) is 14.9. The molecule has 1 spiro atoms. The lowest BCUT2D eigenvalue weighted by atomic mass is 9.70. The lowest BCUT2D eigenvalue weighted by molar-refractivity contribution is -0.159. The topological polar surface area (TPSA) is 125 Å². The number of rotatable bonds is 14. The van der Waals surface area contributed by atoms with Gasteiger partial charge in [0.1, 0.15) is 17.7 Å². The van der Waals surface area contributed by atoms with Gasteiger partial charge in [-0.05, 0) is 45.4 Å². The molecule has 3 aliphatic heterocycles. The van der Waals surface area contributed by atoms with Crippen molar-refractivity contribution < 1.29 is 33.8 Å². The summed E-state index contributed by atoms with van der Waals surface area (Å²) in [5.41, 5.74) is -1.10. The van der Waals surface area contributed by atoms with Crippen molar-refractivity contribution in [2.75, 3.05) is 26.2 Å². The molecule has 2 N–H and O–H groups in total. The standard InChI is InChI=1S/C30H45N3O7/c1-4-6-13-23(35)31-19-20(3)39-29(38)24-22-14-15-30(40-22)25(24)27(36)33(17-10-18-34)26(30)28(37)32(16-5-2)21-11-8-7-9-12-21/h4-5,20-22,24-26,34H,1-2,6-19H2,3H3,(H,31,35)/t20-,22-,24+,25+,26-,30+/m1/s1. The van der Waals surface area contributed by atoms with Crippen LogP contribution in [0.15, 0.2) is 25.3 Å². The highest BCUT2D eigenvalue weighted by atomic mass is 16.6. The number of carbonyl (C=O) groups excluding carboxylic acids is 4. The minimum atomic E-state index is -1.10. The Morgan fingerprint density at radius 1 is 1.23 bits per heavy atom. The molecule has 3 heterocycles. The third-order valence-electron chi connectivity index (χ3n) is 8.97. The largest absolute Gasteiger partial charge is 0.460 e. The number of hydrogen-bond acceptors (Lipinski definition) is 7. The Hall–Kier alpha value is -2.72. The highest BCUT2D eigenvalue weighted by molar-refractivity contribution is 5.98. The lowest BCUT2D eigenvalue weighted by Crippen LogP contribution is -2.58. The Bertz CT molecular complexity index is 980.